The smallest absolute Gasteiger partial charge is 0.222 e. The third-order valence-electron chi connectivity index (χ3n) is 4.30. The second-order valence-corrected chi connectivity index (χ2v) is 6.23. The Labute approximate surface area is 121 Å². The van der Waals surface area contributed by atoms with Crippen LogP contribution in [-0.4, -0.2) is 52.5 Å². The van der Waals surface area contributed by atoms with E-state index in [0.29, 0.717) is 26.2 Å². The molecule has 0 aromatic carbocycles. The Morgan fingerprint density at radius 2 is 2.10 bits per heavy atom. The Kier molecular flexibility index (Phi) is 6.26. The van der Waals surface area contributed by atoms with Crippen LogP contribution in [0.4, 0.5) is 0 Å². The van der Waals surface area contributed by atoms with E-state index >= 15 is 0 Å². The van der Waals surface area contributed by atoms with Crippen molar-refractivity contribution in [2.75, 3.05) is 46.6 Å². The van der Waals surface area contributed by atoms with Gasteiger partial charge >= 0.3 is 0 Å². The maximum Gasteiger partial charge on any atom is 0.222 e. The molecule has 1 saturated heterocycles. The van der Waals surface area contributed by atoms with Crippen molar-refractivity contribution >= 4 is 5.91 Å². The third-order valence-corrected chi connectivity index (χ3v) is 4.30. The van der Waals surface area contributed by atoms with Crippen LogP contribution in [0.5, 0.6) is 0 Å². The van der Waals surface area contributed by atoms with Gasteiger partial charge in [-0.25, -0.2) is 0 Å². The molecule has 1 heterocycles. The Morgan fingerprint density at radius 1 is 1.35 bits per heavy atom. The monoisotopic (exact) mass is 284 g/mol. The van der Waals surface area contributed by atoms with Gasteiger partial charge in [-0.3, -0.25) is 4.79 Å². The predicted octanol–water partition coefficient (Wildman–Crippen LogP) is 0.935. The Bertz CT molecular complexity index is 294. The van der Waals surface area contributed by atoms with E-state index in [1.165, 1.54) is 12.8 Å². The molecule has 5 nitrogen and oxygen atoms in total. The summed E-state index contributed by atoms with van der Waals surface area (Å²) in [5.74, 6) is 0.854. The highest BCUT2D eigenvalue weighted by molar-refractivity contribution is 5.76. The quantitative estimate of drug-likeness (QED) is 0.619. The van der Waals surface area contributed by atoms with Crippen LogP contribution in [0.25, 0.3) is 0 Å². The number of amides is 1. The molecule has 2 aliphatic rings. The van der Waals surface area contributed by atoms with E-state index in [1.807, 2.05) is 0 Å². The first kappa shape index (κ1) is 15.7. The molecule has 0 aromatic heterocycles. The largest absolute Gasteiger partial charge is 0.384 e. The van der Waals surface area contributed by atoms with Gasteiger partial charge in [0.25, 0.3) is 0 Å². The lowest BCUT2D eigenvalue weighted by molar-refractivity contribution is -0.123. The van der Waals surface area contributed by atoms with Gasteiger partial charge in [-0.2, -0.15) is 0 Å². The zero-order chi connectivity index (χ0) is 14.3. The second-order valence-electron chi connectivity index (χ2n) is 6.23. The molecule has 116 valence electrons. The summed E-state index contributed by atoms with van der Waals surface area (Å²) in [6, 6.07) is 0. The number of methoxy groups -OCH3 is 1. The minimum absolute atomic E-state index is 0.0924. The topological polar surface area (TPSA) is 59.6 Å². The van der Waals surface area contributed by atoms with E-state index in [1.54, 1.807) is 7.11 Å². The summed E-state index contributed by atoms with van der Waals surface area (Å²) < 4.78 is 10.8. The molecule has 0 radical (unpaired) electrons. The van der Waals surface area contributed by atoms with Crippen molar-refractivity contribution < 1.29 is 14.3 Å². The summed E-state index contributed by atoms with van der Waals surface area (Å²) in [6.07, 6.45) is 5.16. The number of hydrogen-bond donors (Lipinski definition) is 2. The molecule has 0 unspecified atom stereocenters. The summed E-state index contributed by atoms with van der Waals surface area (Å²) in [5, 5.41) is 6.41. The minimum atomic E-state index is 0.0924. The highest BCUT2D eigenvalue weighted by Gasteiger charge is 2.32. The molecule has 5 heteroatoms. The molecule has 2 rings (SSSR count). The third kappa shape index (κ3) is 5.38. The average Bonchev–Trinajstić information content (AvgIpc) is 3.27. The number of hydrogen-bond acceptors (Lipinski definition) is 4. The fourth-order valence-electron chi connectivity index (χ4n) is 2.71. The number of rotatable bonds is 9. The Hall–Kier alpha value is -0.650. The number of ether oxygens (including phenoxy) is 2. The molecule has 1 saturated carbocycles. The number of carbonyl (C=O) groups is 1. The van der Waals surface area contributed by atoms with E-state index < -0.39 is 0 Å². The standard InChI is InChI=1S/C15H28N2O3/c1-19-12-15(5-7-16-8-6-15)11-17-14(18)4-9-20-10-13-2-3-13/h13,16H,2-12H2,1H3,(H,17,18). The molecular weight excluding hydrogens is 256 g/mol. The van der Waals surface area contributed by atoms with Crippen molar-refractivity contribution in [1.82, 2.24) is 10.6 Å². The van der Waals surface area contributed by atoms with Gasteiger partial charge in [-0.1, -0.05) is 0 Å². The van der Waals surface area contributed by atoms with Gasteiger partial charge in [-0.05, 0) is 44.7 Å². The molecule has 1 aliphatic heterocycles. The lowest BCUT2D eigenvalue weighted by Gasteiger charge is -2.37. The molecule has 0 spiro atoms. The van der Waals surface area contributed by atoms with Crippen LogP contribution in [-0.2, 0) is 14.3 Å². The first-order chi connectivity index (χ1) is 9.74. The zero-order valence-electron chi connectivity index (χ0n) is 12.6. The van der Waals surface area contributed by atoms with Crippen molar-refractivity contribution in [3.8, 4) is 0 Å². The Morgan fingerprint density at radius 3 is 2.75 bits per heavy atom. The molecular formula is C15H28N2O3. The fraction of sp³-hybridized carbons (Fsp3) is 0.933. The van der Waals surface area contributed by atoms with Crippen molar-refractivity contribution in [3.63, 3.8) is 0 Å². The van der Waals surface area contributed by atoms with E-state index in [4.69, 9.17) is 9.47 Å². The molecule has 20 heavy (non-hydrogen) atoms. The van der Waals surface area contributed by atoms with E-state index in [0.717, 1.165) is 38.5 Å². The molecule has 0 bridgehead atoms. The summed E-state index contributed by atoms with van der Waals surface area (Å²) >= 11 is 0. The van der Waals surface area contributed by atoms with Crippen LogP contribution in [0.15, 0.2) is 0 Å². The van der Waals surface area contributed by atoms with Crippen molar-refractivity contribution in [2.45, 2.75) is 32.1 Å². The molecule has 1 amide bonds. The van der Waals surface area contributed by atoms with Crippen molar-refractivity contribution in [1.29, 1.82) is 0 Å². The normalized spacial score (nSPS) is 21.6. The minimum Gasteiger partial charge on any atom is -0.384 e. The van der Waals surface area contributed by atoms with E-state index in [-0.39, 0.29) is 11.3 Å². The average molecular weight is 284 g/mol. The van der Waals surface area contributed by atoms with Crippen molar-refractivity contribution in [2.24, 2.45) is 11.3 Å². The van der Waals surface area contributed by atoms with Crippen LogP contribution in [0.3, 0.4) is 0 Å². The molecule has 1 aliphatic carbocycles. The summed E-state index contributed by atoms with van der Waals surface area (Å²) in [6.45, 7) is 4.80. The Balaban J connectivity index is 1.61. The molecule has 0 atom stereocenters. The van der Waals surface area contributed by atoms with Crippen LogP contribution < -0.4 is 10.6 Å². The second kappa shape index (κ2) is 7.96. The van der Waals surface area contributed by atoms with Gasteiger partial charge < -0.3 is 20.1 Å². The maximum absolute atomic E-state index is 11.8. The van der Waals surface area contributed by atoms with Crippen molar-refractivity contribution in [3.05, 3.63) is 0 Å². The van der Waals surface area contributed by atoms with Gasteiger partial charge in [0, 0.05) is 32.1 Å². The highest BCUT2D eigenvalue weighted by Crippen LogP contribution is 2.29. The summed E-state index contributed by atoms with van der Waals surface area (Å²) in [7, 11) is 1.73. The zero-order valence-corrected chi connectivity index (χ0v) is 12.6. The van der Waals surface area contributed by atoms with E-state index in [2.05, 4.69) is 10.6 Å². The fourth-order valence-corrected chi connectivity index (χ4v) is 2.71. The lowest BCUT2D eigenvalue weighted by Crippen LogP contribution is -2.47. The van der Waals surface area contributed by atoms with Crippen LogP contribution in [0.2, 0.25) is 0 Å². The SMILES string of the molecule is COCC1(CNC(=O)CCOCC2CC2)CCNCC1. The molecule has 2 N–H and O–H groups in total. The van der Waals surface area contributed by atoms with Crippen LogP contribution >= 0.6 is 0 Å². The number of carbonyl (C=O) groups excluding carboxylic acids is 1. The van der Waals surface area contributed by atoms with Gasteiger partial charge in [0.2, 0.25) is 5.91 Å². The molecule has 0 aromatic rings. The first-order valence-corrected chi connectivity index (χ1v) is 7.78. The van der Waals surface area contributed by atoms with Gasteiger partial charge in [-0.15, -0.1) is 0 Å². The summed E-state index contributed by atoms with van der Waals surface area (Å²) in [4.78, 5) is 11.8. The van der Waals surface area contributed by atoms with Gasteiger partial charge in [0.15, 0.2) is 0 Å². The number of nitrogens with one attached hydrogen (secondary N) is 2. The predicted molar refractivity (Wildman–Crippen MR) is 77.6 cm³/mol. The highest BCUT2D eigenvalue weighted by atomic mass is 16.5. The first-order valence-electron chi connectivity index (χ1n) is 7.78. The maximum atomic E-state index is 11.8. The van der Waals surface area contributed by atoms with E-state index in [9.17, 15) is 4.79 Å². The summed E-state index contributed by atoms with van der Waals surface area (Å²) in [5.41, 5.74) is 0.102. The number of piperidine rings is 1. The van der Waals surface area contributed by atoms with Crippen LogP contribution in [0, 0.1) is 11.3 Å². The lowest BCUT2D eigenvalue weighted by atomic mass is 9.79. The molecule has 2 fully saturated rings. The van der Waals surface area contributed by atoms with Gasteiger partial charge in [0.05, 0.1) is 13.2 Å². The van der Waals surface area contributed by atoms with Crippen LogP contribution in [0.1, 0.15) is 32.1 Å². The van der Waals surface area contributed by atoms with Gasteiger partial charge in [0.1, 0.15) is 0 Å².